The smallest absolute Gasteiger partial charge is 0.336 e. The maximum atomic E-state index is 13.1. The Morgan fingerprint density at radius 1 is 1.03 bits per heavy atom. The summed E-state index contributed by atoms with van der Waals surface area (Å²) in [5.74, 6) is -1.30. The molecule has 0 spiro atoms. The molecule has 10 nitrogen and oxygen atoms in total. The van der Waals surface area contributed by atoms with Crippen molar-refractivity contribution in [2.24, 2.45) is 7.05 Å². The molecule has 0 saturated heterocycles. The fraction of sp³-hybridized carbons (Fsp3) is 0.100. The first-order valence-corrected chi connectivity index (χ1v) is 14.1. The Labute approximate surface area is 202 Å². The van der Waals surface area contributed by atoms with Crippen molar-refractivity contribution in [1.29, 1.82) is 0 Å². The van der Waals surface area contributed by atoms with Crippen LogP contribution in [0.5, 0.6) is 0 Å². The third-order valence-electron chi connectivity index (χ3n) is 4.99. The molecule has 4 aromatic rings. The summed E-state index contributed by atoms with van der Waals surface area (Å²) in [6.07, 6.45) is 0. The second-order valence-electron chi connectivity index (χ2n) is 7.16. The largest absolute Gasteiger partial charge is 0.478 e. The van der Waals surface area contributed by atoms with Gasteiger partial charge in [0.05, 0.1) is 32.7 Å². The lowest BCUT2D eigenvalue weighted by Crippen LogP contribution is -2.19. The van der Waals surface area contributed by atoms with Gasteiger partial charge in [0.2, 0.25) is 0 Å². The highest BCUT2D eigenvalue weighted by Crippen LogP contribution is 2.33. The first kappa shape index (κ1) is 23.9. The Kier molecular flexibility index (Phi) is 6.01. The Morgan fingerprint density at radius 3 is 2.41 bits per heavy atom. The maximum Gasteiger partial charge on any atom is 0.336 e. The predicted octanol–water partition coefficient (Wildman–Crippen LogP) is 3.27. The van der Waals surface area contributed by atoms with E-state index >= 15 is 0 Å². The van der Waals surface area contributed by atoms with Crippen LogP contribution in [0.1, 0.15) is 15.9 Å². The number of aryl methyl sites for hydroxylation is 1. The van der Waals surface area contributed by atoms with Gasteiger partial charge in [0, 0.05) is 7.05 Å². The summed E-state index contributed by atoms with van der Waals surface area (Å²) >= 11 is 1.88. The number of carboxylic acid groups (broad SMARTS) is 1. The maximum absolute atomic E-state index is 13.1. The molecular formula is C20H17N3O7S4. The van der Waals surface area contributed by atoms with Crippen molar-refractivity contribution in [3.05, 3.63) is 68.5 Å². The lowest BCUT2D eigenvalue weighted by molar-refractivity contribution is 0.0696. The van der Waals surface area contributed by atoms with Gasteiger partial charge in [0.15, 0.2) is 0 Å². The summed E-state index contributed by atoms with van der Waals surface area (Å²) in [7, 11) is -6.70. The van der Waals surface area contributed by atoms with Crippen LogP contribution < -0.4 is 14.2 Å². The number of thiophene rings is 1. The molecule has 0 aliphatic rings. The molecule has 0 atom stereocenters. The minimum atomic E-state index is -4.27. The van der Waals surface area contributed by atoms with E-state index in [-0.39, 0.29) is 41.7 Å². The summed E-state index contributed by atoms with van der Waals surface area (Å²) in [4.78, 5) is 23.6. The Balaban J connectivity index is 1.81. The number of rotatable bonds is 7. The summed E-state index contributed by atoms with van der Waals surface area (Å²) < 4.78 is 57.8. The number of nitrogens with one attached hydrogen (secondary N) is 2. The zero-order valence-corrected chi connectivity index (χ0v) is 20.9. The van der Waals surface area contributed by atoms with Crippen molar-refractivity contribution in [2.75, 3.05) is 9.44 Å². The summed E-state index contributed by atoms with van der Waals surface area (Å²) in [6, 6.07) is 9.31. The van der Waals surface area contributed by atoms with E-state index in [2.05, 4.69) is 9.44 Å². The van der Waals surface area contributed by atoms with E-state index in [1.165, 1.54) is 49.4 Å². The molecule has 0 amide bonds. The monoisotopic (exact) mass is 539 g/mol. The molecule has 4 rings (SSSR count). The van der Waals surface area contributed by atoms with Gasteiger partial charge >= 0.3 is 5.97 Å². The van der Waals surface area contributed by atoms with Gasteiger partial charge in [0.25, 0.3) is 24.8 Å². The number of sulfonamides is 2. The third kappa shape index (κ3) is 4.32. The topological polar surface area (TPSA) is 152 Å². The summed E-state index contributed by atoms with van der Waals surface area (Å²) in [5.41, 5.74) is 0.00959. The van der Waals surface area contributed by atoms with Gasteiger partial charge < -0.3 is 5.11 Å². The van der Waals surface area contributed by atoms with Gasteiger partial charge in [-0.15, -0.1) is 11.3 Å². The van der Waals surface area contributed by atoms with E-state index in [1.54, 1.807) is 16.4 Å². The van der Waals surface area contributed by atoms with Crippen LogP contribution >= 0.6 is 22.9 Å². The second-order valence-corrected chi connectivity index (χ2v) is 12.8. The molecule has 0 fully saturated rings. The van der Waals surface area contributed by atoms with Crippen molar-refractivity contribution in [3.8, 4) is 0 Å². The standard InChI is InChI=1S/C20H17N3O7S4/c1-11-13(19(24)25)6-7-15(18(11)22-34(29,30)17-4-3-9-31-17)21-33(27,28)12-5-8-16-14(10-12)20(26)32-23(16)2/h3-10,21-22H,1-2H3,(H,24,25). The quantitative estimate of drug-likeness (QED) is 0.326. The van der Waals surface area contributed by atoms with Gasteiger partial charge in [-0.1, -0.05) is 6.07 Å². The molecule has 2 heterocycles. The number of carbonyl (C=O) groups is 1. The highest BCUT2D eigenvalue weighted by atomic mass is 32.2. The average molecular weight is 540 g/mol. The Bertz CT molecular complexity index is 1700. The molecule has 0 unspecified atom stereocenters. The Morgan fingerprint density at radius 2 is 1.76 bits per heavy atom. The first-order valence-electron chi connectivity index (χ1n) is 9.47. The van der Waals surface area contributed by atoms with E-state index in [1.807, 2.05) is 0 Å². The van der Waals surface area contributed by atoms with Crippen LogP contribution in [-0.4, -0.2) is 31.9 Å². The second kappa shape index (κ2) is 8.54. The lowest BCUT2D eigenvalue weighted by Gasteiger charge is -2.18. The van der Waals surface area contributed by atoms with Gasteiger partial charge in [0.1, 0.15) is 4.21 Å². The molecule has 3 N–H and O–H groups in total. The fourth-order valence-corrected chi connectivity index (χ4v) is 7.31. The molecule has 2 aromatic heterocycles. The van der Waals surface area contributed by atoms with E-state index in [0.29, 0.717) is 5.52 Å². The number of carboxylic acids is 1. The fourth-order valence-electron chi connectivity index (χ4n) is 3.31. The normalized spacial score (nSPS) is 12.1. The highest BCUT2D eigenvalue weighted by molar-refractivity contribution is 7.94. The third-order valence-corrected chi connectivity index (χ3v) is 9.96. The number of nitrogens with zero attached hydrogens (tertiary/aromatic N) is 1. The van der Waals surface area contributed by atoms with Gasteiger partial charge in [-0.2, -0.15) is 0 Å². The molecule has 0 radical (unpaired) electrons. The minimum Gasteiger partial charge on any atom is -0.478 e. The highest BCUT2D eigenvalue weighted by Gasteiger charge is 2.25. The average Bonchev–Trinajstić information content (AvgIpc) is 3.39. The Hall–Kier alpha value is -3.20. The van der Waals surface area contributed by atoms with Crippen molar-refractivity contribution in [1.82, 2.24) is 3.96 Å². The SMILES string of the molecule is Cc1c(C(=O)O)ccc(NS(=O)(=O)c2ccc3c(c2)c(=O)sn3C)c1NS(=O)(=O)c1cccs1. The van der Waals surface area contributed by atoms with Gasteiger partial charge in [-0.05, 0) is 65.8 Å². The van der Waals surface area contributed by atoms with Crippen molar-refractivity contribution in [2.45, 2.75) is 16.0 Å². The summed E-state index contributed by atoms with van der Waals surface area (Å²) in [5, 5.41) is 11.2. The summed E-state index contributed by atoms with van der Waals surface area (Å²) in [6.45, 7) is 1.37. The molecule has 0 saturated carbocycles. The van der Waals surface area contributed by atoms with Gasteiger partial charge in [-0.25, -0.2) is 21.6 Å². The number of hydrogen-bond acceptors (Lipinski definition) is 8. The molecule has 34 heavy (non-hydrogen) atoms. The van der Waals surface area contributed by atoms with Crippen LogP contribution in [0.4, 0.5) is 11.4 Å². The number of fused-ring (bicyclic) bond motifs is 1. The molecule has 0 bridgehead atoms. The zero-order valence-electron chi connectivity index (χ0n) is 17.6. The number of benzene rings is 2. The predicted molar refractivity (Wildman–Crippen MR) is 131 cm³/mol. The van der Waals surface area contributed by atoms with Crippen LogP contribution in [0.25, 0.3) is 10.9 Å². The first-order chi connectivity index (χ1) is 15.9. The zero-order chi connectivity index (χ0) is 24.8. The minimum absolute atomic E-state index is 0.0231. The molecular weight excluding hydrogens is 523 g/mol. The molecule has 14 heteroatoms. The van der Waals surface area contributed by atoms with Crippen LogP contribution in [-0.2, 0) is 27.1 Å². The van der Waals surface area contributed by atoms with Crippen molar-refractivity contribution in [3.63, 3.8) is 0 Å². The number of anilines is 2. The van der Waals surface area contributed by atoms with E-state index < -0.39 is 26.0 Å². The molecule has 0 aliphatic carbocycles. The van der Waals surface area contributed by atoms with Crippen molar-refractivity contribution >= 4 is 71.2 Å². The van der Waals surface area contributed by atoms with Gasteiger partial charge in [-0.3, -0.25) is 18.2 Å². The number of aromatic nitrogens is 1. The van der Waals surface area contributed by atoms with Crippen molar-refractivity contribution < 1.29 is 26.7 Å². The van der Waals surface area contributed by atoms with Crippen LogP contribution in [0.3, 0.4) is 0 Å². The van der Waals surface area contributed by atoms with Crippen LogP contribution in [0, 0.1) is 6.92 Å². The number of hydrogen-bond donors (Lipinski definition) is 3. The van der Waals surface area contributed by atoms with E-state index in [0.717, 1.165) is 22.9 Å². The van der Waals surface area contributed by atoms with Crippen LogP contribution in [0.15, 0.2) is 61.7 Å². The van der Waals surface area contributed by atoms with E-state index in [4.69, 9.17) is 0 Å². The lowest BCUT2D eigenvalue weighted by atomic mass is 10.1. The molecule has 178 valence electrons. The van der Waals surface area contributed by atoms with Crippen LogP contribution in [0.2, 0.25) is 0 Å². The van der Waals surface area contributed by atoms with E-state index in [9.17, 15) is 31.5 Å². The molecule has 0 aliphatic heterocycles. The number of aromatic carboxylic acids is 1. The molecule has 2 aromatic carbocycles.